The topological polar surface area (TPSA) is 142 Å². The van der Waals surface area contributed by atoms with Crippen molar-refractivity contribution in [2.24, 2.45) is 0 Å². The Hall–Kier alpha value is -2.95. The molecule has 4 aromatic rings. The van der Waals surface area contributed by atoms with Crippen molar-refractivity contribution in [3.8, 4) is 5.69 Å². The van der Waals surface area contributed by atoms with Gasteiger partial charge >= 0.3 is 11.7 Å². The summed E-state index contributed by atoms with van der Waals surface area (Å²) in [5, 5.41) is 5.55. The van der Waals surface area contributed by atoms with Crippen molar-refractivity contribution in [1.29, 1.82) is 0 Å². The average molecular weight is 664 g/mol. The molecule has 0 aliphatic rings. The number of fused-ring (bicyclic) bond motifs is 1. The van der Waals surface area contributed by atoms with E-state index in [-0.39, 0.29) is 35.1 Å². The molecule has 0 radical (unpaired) electrons. The van der Waals surface area contributed by atoms with Crippen molar-refractivity contribution < 1.29 is 17.6 Å². The van der Waals surface area contributed by atoms with Crippen LogP contribution in [0.15, 0.2) is 50.2 Å². The van der Waals surface area contributed by atoms with E-state index < -0.39 is 33.1 Å². The molecule has 0 bridgehead atoms. The Kier molecular flexibility index (Phi) is 7.14. The molecular weight excluding hydrogens is 648 g/mol. The van der Waals surface area contributed by atoms with Crippen LogP contribution in [0.25, 0.3) is 16.6 Å². The van der Waals surface area contributed by atoms with Gasteiger partial charge in [-0.15, -0.1) is 11.3 Å². The molecule has 0 fully saturated rings. The summed E-state index contributed by atoms with van der Waals surface area (Å²) in [7, 11) is -2.53. The molecule has 2 aromatic carbocycles. The maximum absolute atomic E-state index is 15.1. The maximum atomic E-state index is 15.1. The molecule has 0 aliphatic carbocycles. The number of aryl methyl sites for hydroxylation is 1. The summed E-state index contributed by atoms with van der Waals surface area (Å²) in [5.41, 5.74) is -1.05. The molecule has 2 heterocycles. The highest BCUT2D eigenvalue weighted by molar-refractivity contribution is 14.1. The van der Waals surface area contributed by atoms with Crippen LogP contribution in [0, 0.1) is 16.3 Å². The number of hydrogen-bond donors (Lipinski definition) is 4. The fourth-order valence-electron chi connectivity index (χ4n) is 3.32. The van der Waals surface area contributed by atoms with Crippen LogP contribution in [-0.2, 0) is 10.0 Å². The van der Waals surface area contributed by atoms with Gasteiger partial charge in [0, 0.05) is 26.9 Å². The first kappa shape index (κ1) is 26.1. The number of H-pyrrole nitrogens is 1. The van der Waals surface area contributed by atoms with Crippen LogP contribution in [-0.4, -0.2) is 31.0 Å². The standard InChI is InChI=1S/C21H16ClFIN5O5S2/c1-9-13(22)8-17(35-9)36(33,34)28-20(31)26-11-5-14(23)18(15(24)6-11)29-19(30)12-4-3-10(25-2)7-16(12)27-21(29)32/h3-8,25H,1-2H3,(H,27,32)(H2,26,28,31). The van der Waals surface area contributed by atoms with Crippen molar-refractivity contribution in [2.75, 3.05) is 17.7 Å². The number of benzene rings is 2. The number of urea groups is 1. The van der Waals surface area contributed by atoms with Crippen molar-refractivity contribution in [2.45, 2.75) is 11.1 Å². The Morgan fingerprint density at radius 2 is 1.89 bits per heavy atom. The lowest BCUT2D eigenvalue weighted by Crippen LogP contribution is -2.35. The van der Waals surface area contributed by atoms with Crippen molar-refractivity contribution in [3.63, 3.8) is 0 Å². The number of thiophene rings is 1. The molecule has 0 unspecified atom stereocenters. The monoisotopic (exact) mass is 663 g/mol. The maximum Gasteiger partial charge on any atom is 0.333 e. The van der Waals surface area contributed by atoms with E-state index in [1.54, 1.807) is 48.7 Å². The Morgan fingerprint density at radius 1 is 1.17 bits per heavy atom. The number of aromatic amines is 1. The number of aromatic nitrogens is 2. The summed E-state index contributed by atoms with van der Waals surface area (Å²) in [6.07, 6.45) is 0. The van der Waals surface area contributed by atoms with Crippen LogP contribution in [0.2, 0.25) is 5.02 Å². The van der Waals surface area contributed by atoms with E-state index in [1.807, 2.05) is 4.72 Å². The van der Waals surface area contributed by atoms with Crippen LogP contribution in [0.3, 0.4) is 0 Å². The second-order valence-corrected chi connectivity index (χ2v) is 12.1. The van der Waals surface area contributed by atoms with Crippen molar-refractivity contribution in [1.82, 2.24) is 14.3 Å². The highest BCUT2D eigenvalue weighted by Gasteiger charge is 2.23. The van der Waals surface area contributed by atoms with E-state index in [0.717, 1.165) is 17.4 Å². The van der Waals surface area contributed by atoms with Gasteiger partial charge < -0.3 is 15.6 Å². The molecule has 36 heavy (non-hydrogen) atoms. The number of nitrogens with one attached hydrogen (secondary N) is 4. The SMILES string of the molecule is CNc1ccc2c(=O)n(-c3c(F)cc(NC(=O)NS(=O)(=O)c4cc(Cl)c(C)s4)cc3I)c(=O)[nH]c2c1. The van der Waals surface area contributed by atoms with Gasteiger partial charge in [0.25, 0.3) is 15.6 Å². The molecule has 4 rings (SSSR count). The zero-order chi connectivity index (χ0) is 26.4. The van der Waals surface area contributed by atoms with Gasteiger partial charge in [-0.1, -0.05) is 11.6 Å². The highest BCUT2D eigenvalue weighted by Crippen LogP contribution is 2.29. The third-order valence-electron chi connectivity index (χ3n) is 5.01. The zero-order valence-electron chi connectivity index (χ0n) is 18.4. The summed E-state index contributed by atoms with van der Waals surface area (Å²) in [5.74, 6) is -0.987. The molecule has 10 nitrogen and oxygen atoms in total. The molecule has 0 saturated heterocycles. The van der Waals surface area contributed by atoms with E-state index in [9.17, 15) is 22.8 Å². The minimum absolute atomic E-state index is 0.0994. The molecule has 2 aromatic heterocycles. The van der Waals surface area contributed by atoms with E-state index in [1.165, 1.54) is 18.2 Å². The van der Waals surface area contributed by atoms with E-state index >= 15 is 4.39 Å². The highest BCUT2D eigenvalue weighted by atomic mass is 127. The quantitative estimate of drug-likeness (QED) is 0.238. The molecule has 4 N–H and O–H groups in total. The summed E-state index contributed by atoms with van der Waals surface area (Å²) in [6, 6.07) is 6.96. The first-order chi connectivity index (χ1) is 16.9. The molecule has 15 heteroatoms. The van der Waals surface area contributed by atoms with Crippen LogP contribution in [0.4, 0.5) is 20.6 Å². The molecule has 0 saturated carbocycles. The second kappa shape index (κ2) is 9.84. The number of hydrogen-bond acceptors (Lipinski definition) is 7. The van der Waals surface area contributed by atoms with Gasteiger partial charge in [0.1, 0.15) is 9.90 Å². The molecule has 188 valence electrons. The zero-order valence-corrected chi connectivity index (χ0v) is 22.9. The Labute approximate surface area is 225 Å². The van der Waals surface area contributed by atoms with Crippen molar-refractivity contribution in [3.05, 3.63) is 76.5 Å². The van der Waals surface area contributed by atoms with E-state index in [0.29, 0.717) is 15.1 Å². The number of carbonyl (C=O) groups is 1. The summed E-state index contributed by atoms with van der Waals surface area (Å²) in [4.78, 5) is 41.2. The lowest BCUT2D eigenvalue weighted by atomic mass is 10.2. The largest absolute Gasteiger partial charge is 0.388 e. The number of halogens is 3. The number of nitrogens with zero attached hydrogens (tertiary/aromatic N) is 1. The number of carbonyl (C=O) groups excluding carboxylic acids is 1. The Morgan fingerprint density at radius 3 is 2.50 bits per heavy atom. The molecule has 0 aliphatic heterocycles. The molecule has 0 spiro atoms. The lowest BCUT2D eigenvalue weighted by molar-refractivity contribution is 0.256. The third-order valence-corrected chi connectivity index (χ3v) is 9.19. The minimum atomic E-state index is -4.21. The van der Waals surface area contributed by atoms with Crippen LogP contribution in [0.1, 0.15) is 4.88 Å². The summed E-state index contributed by atoms with van der Waals surface area (Å²) < 4.78 is 42.4. The van der Waals surface area contributed by atoms with E-state index in [4.69, 9.17) is 11.6 Å². The minimum Gasteiger partial charge on any atom is -0.388 e. The van der Waals surface area contributed by atoms with E-state index in [2.05, 4.69) is 15.6 Å². The number of sulfonamides is 1. The fraction of sp³-hybridized carbons (Fsp3) is 0.0952. The number of anilines is 2. The van der Waals surface area contributed by atoms with Crippen LogP contribution >= 0.6 is 45.5 Å². The summed E-state index contributed by atoms with van der Waals surface area (Å²) in [6.45, 7) is 1.63. The molecule has 2 amide bonds. The molecular formula is C21H16ClFIN5O5S2. The van der Waals surface area contributed by atoms with Crippen LogP contribution in [0.5, 0.6) is 0 Å². The van der Waals surface area contributed by atoms with Gasteiger partial charge in [-0.3, -0.25) is 4.79 Å². The van der Waals surface area contributed by atoms with Gasteiger partial charge in [0.05, 0.1) is 15.9 Å². The molecule has 0 atom stereocenters. The predicted octanol–water partition coefficient (Wildman–Crippen LogP) is 4.00. The third kappa shape index (κ3) is 4.98. The Balaban J connectivity index is 1.66. The van der Waals surface area contributed by atoms with Crippen LogP contribution < -0.4 is 26.6 Å². The van der Waals surface area contributed by atoms with Gasteiger partial charge in [0.15, 0.2) is 5.82 Å². The first-order valence-corrected chi connectivity index (χ1v) is 13.7. The first-order valence-electron chi connectivity index (χ1n) is 9.97. The average Bonchev–Trinajstić information content (AvgIpc) is 3.13. The van der Waals surface area contributed by atoms with Crippen molar-refractivity contribution >= 4 is 83.9 Å². The normalized spacial score (nSPS) is 11.5. The van der Waals surface area contributed by atoms with Gasteiger partial charge in [-0.25, -0.2) is 31.7 Å². The Bertz CT molecular complexity index is 1720. The van der Waals surface area contributed by atoms with Gasteiger partial charge in [-0.05, 0) is 65.9 Å². The van der Waals surface area contributed by atoms with Gasteiger partial charge in [-0.2, -0.15) is 0 Å². The van der Waals surface area contributed by atoms with Gasteiger partial charge in [0.2, 0.25) is 0 Å². The summed E-state index contributed by atoms with van der Waals surface area (Å²) >= 11 is 8.49. The number of amides is 2. The smallest absolute Gasteiger partial charge is 0.333 e. The second-order valence-electron chi connectivity index (χ2n) is 7.40. The number of rotatable bonds is 5. The lowest BCUT2D eigenvalue weighted by Gasteiger charge is -2.13. The predicted molar refractivity (Wildman–Crippen MR) is 146 cm³/mol. The fourth-order valence-corrected chi connectivity index (χ4v) is 6.75.